The summed E-state index contributed by atoms with van der Waals surface area (Å²) >= 11 is 0. The summed E-state index contributed by atoms with van der Waals surface area (Å²) < 4.78 is 91.8. The first-order valence-electron chi connectivity index (χ1n) is 13.2. The SMILES string of the molecule is CO[C@@H]1COCC[C@@H]1C[C@@H]1CC[C@](CC(F)(F)F)(C(=O)N2C[C@H]3C[C@@H]2CN3c2ccnc(C(F)(F)F)c2)C1. The highest BCUT2D eigenvalue weighted by Crippen LogP contribution is 2.53. The van der Waals surface area contributed by atoms with Crippen molar-refractivity contribution in [3.8, 4) is 0 Å². The number of carbonyl (C=O) groups excluding carboxylic acids is 1. The Morgan fingerprint density at radius 3 is 2.63 bits per heavy atom. The van der Waals surface area contributed by atoms with Crippen molar-refractivity contribution in [2.45, 2.75) is 75.5 Å². The molecule has 3 aliphatic heterocycles. The van der Waals surface area contributed by atoms with Gasteiger partial charge >= 0.3 is 12.4 Å². The zero-order valence-electron chi connectivity index (χ0n) is 21.2. The Labute approximate surface area is 217 Å². The fourth-order valence-electron chi connectivity index (χ4n) is 7.26. The van der Waals surface area contributed by atoms with Crippen LogP contribution in [0, 0.1) is 17.3 Å². The number of ether oxygens (including phenoxy) is 2. The summed E-state index contributed by atoms with van der Waals surface area (Å²) in [5, 5.41) is 0. The highest BCUT2D eigenvalue weighted by Gasteiger charge is 2.57. The van der Waals surface area contributed by atoms with Gasteiger partial charge in [-0.25, -0.2) is 0 Å². The zero-order valence-corrected chi connectivity index (χ0v) is 21.2. The van der Waals surface area contributed by atoms with Gasteiger partial charge in [-0.15, -0.1) is 0 Å². The van der Waals surface area contributed by atoms with Gasteiger partial charge in [-0.3, -0.25) is 9.78 Å². The molecule has 1 amide bonds. The number of nitrogens with zero attached hydrogens (tertiary/aromatic N) is 3. The predicted octanol–water partition coefficient (Wildman–Crippen LogP) is 5.07. The number of amides is 1. The topological polar surface area (TPSA) is 54.9 Å². The standard InChI is InChI=1S/C26H33F6N3O3/c1-37-21-14-38-7-4-17(21)8-16-2-5-24(11-16,15-25(27,28)29)23(36)35-13-19-9-20(35)12-34(19)18-3-6-33-22(10-18)26(30,31)32/h3,6,10,16-17,19-21H,2,4-5,7-9,11-15H2,1H3/t16-,17+,19+,20+,21+,24-/m0/s1. The lowest BCUT2D eigenvalue weighted by Gasteiger charge is -2.41. The minimum absolute atomic E-state index is 0.00375. The van der Waals surface area contributed by atoms with Gasteiger partial charge in [-0.1, -0.05) is 0 Å². The van der Waals surface area contributed by atoms with Crippen molar-refractivity contribution in [1.82, 2.24) is 9.88 Å². The number of carbonyl (C=O) groups is 1. The van der Waals surface area contributed by atoms with Crippen LogP contribution in [0.15, 0.2) is 18.3 Å². The molecule has 2 bridgehead atoms. The van der Waals surface area contributed by atoms with Gasteiger partial charge in [0, 0.05) is 44.7 Å². The number of halogens is 6. The number of piperazine rings is 1. The van der Waals surface area contributed by atoms with Crippen molar-refractivity contribution >= 4 is 11.6 Å². The average molecular weight is 550 g/mol. The second-order valence-electron chi connectivity index (χ2n) is 11.4. The van der Waals surface area contributed by atoms with Crippen molar-refractivity contribution < 1.29 is 40.6 Å². The Bertz CT molecular complexity index is 1020. The molecular weight excluding hydrogens is 516 g/mol. The lowest BCUT2D eigenvalue weighted by molar-refractivity contribution is -0.175. The van der Waals surface area contributed by atoms with Crippen molar-refractivity contribution in [1.29, 1.82) is 0 Å². The predicted molar refractivity (Wildman–Crippen MR) is 125 cm³/mol. The summed E-state index contributed by atoms with van der Waals surface area (Å²) in [4.78, 5) is 20.6. The summed E-state index contributed by atoms with van der Waals surface area (Å²) in [6.07, 6.45) is -6.23. The Hall–Kier alpha value is -2.08. The normalized spacial score (nSPS) is 33.8. The molecule has 1 aromatic rings. The van der Waals surface area contributed by atoms with E-state index in [1.165, 1.54) is 6.07 Å². The van der Waals surface area contributed by atoms with Crippen LogP contribution >= 0.6 is 0 Å². The molecule has 5 rings (SSSR count). The highest BCUT2D eigenvalue weighted by molar-refractivity contribution is 5.84. The summed E-state index contributed by atoms with van der Waals surface area (Å²) in [7, 11) is 1.61. The lowest BCUT2D eigenvalue weighted by Crippen LogP contribution is -2.53. The van der Waals surface area contributed by atoms with Crippen molar-refractivity contribution in [3.05, 3.63) is 24.0 Å². The minimum Gasteiger partial charge on any atom is -0.379 e. The average Bonchev–Trinajstić information content (AvgIpc) is 3.58. The van der Waals surface area contributed by atoms with Crippen LogP contribution in [-0.2, 0) is 20.4 Å². The molecule has 6 nitrogen and oxygen atoms in total. The van der Waals surface area contributed by atoms with Gasteiger partial charge in [0.25, 0.3) is 0 Å². The maximum absolute atomic E-state index is 13.8. The van der Waals surface area contributed by atoms with Crippen molar-refractivity contribution in [2.24, 2.45) is 17.3 Å². The van der Waals surface area contributed by atoms with E-state index in [4.69, 9.17) is 9.47 Å². The lowest BCUT2D eigenvalue weighted by atomic mass is 9.78. The molecule has 0 aromatic carbocycles. The summed E-state index contributed by atoms with van der Waals surface area (Å²) in [5.74, 6) is -0.268. The van der Waals surface area contributed by atoms with Gasteiger partial charge < -0.3 is 19.3 Å². The summed E-state index contributed by atoms with van der Waals surface area (Å²) in [6.45, 7) is 1.57. The van der Waals surface area contributed by atoms with Crippen LogP contribution in [0.2, 0.25) is 0 Å². The number of pyridine rings is 1. The second-order valence-corrected chi connectivity index (χ2v) is 11.4. The molecular formula is C26H33F6N3O3. The van der Waals surface area contributed by atoms with Crippen LogP contribution in [-0.4, -0.2) is 73.6 Å². The Morgan fingerprint density at radius 1 is 1.18 bits per heavy atom. The molecule has 0 N–H and O–H groups in total. The Balaban J connectivity index is 1.29. The Kier molecular flexibility index (Phi) is 7.34. The van der Waals surface area contributed by atoms with Crippen LogP contribution in [0.3, 0.4) is 0 Å². The molecule has 12 heteroatoms. The molecule has 0 radical (unpaired) electrons. The highest BCUT2D eigenvalue weighted by atomic mass is 19.4. The fraction of sp³-hybridized carbons (Fsp3) is 0.769. The molecule has 212 valence electrons. The summed E-state index contributed by atoms with van der Waals surface area (Å²) in [5.41, 5.74) is -2.12. The number of anilines is 1. The van der Waals surface area contributed by atoms with E-state index >= 15 is 0 Å². The number of likely N-dealkylation sites (tertiary alicyclic amines) is 1. The fourth-order valence-corrected chi connectivity index (χ4v) is 7.26. The Morgan fingerprint density at radius 2 is 1.97 bits per heavy atom. The number of hydrogen-bond acceptors (Lipinski definition) is 5. The van der Waals surface area contributed by atoms with Gasteiger partial charge in [-0.05, 0) is 62.5 Å². The van der Waals surface area contributed by atoms with Gasteiger partial charge in [-0.2, -0.15) is 26.3 Å². The molecule has 1 saturated carbocycles. The third-order valence-corrected chi connectivity index (χ3v) is 8.95. The number of rotatable bonds is 6. The third kappa shape index (κ3) is 5.48. The van der Waals surface area contributed by atoms with Crippen LogP contribution in [0.1, 0.15) is 50.6 Å². The van der Waals surface area contributed by atoms with E-state index in [1.807, 2.05) is 4.90 Å². The van der Waals surface area contributed by atoms with Crippen LogP contribution in [0.5, 0.6) is 0 Å². The molecule has 6 atom stereocenters. The van der Waals surface area contributed by atoms with E-state index in [2.05, 4.69) is 4.98 Å². The maximum atomic E-state index is 13.8. The van der Waals surface area contributed by atoms with Gasteiger partial charge in [0.05, 0.1) is 30.6 Å². The molecule has 4 fully saturated rings. The number of hydrogen-bond donors (Lipinski definition) is 0. The minimum atomic E-state index is -4.58. The second kappa shape index (κ2) is 10.1. The molecule has 4 aliphatic rings. The first kappa shape index (κ1) is 27.5. The molecule has 1 aromatic heterocycles. The van der Waals surface area contributed by atoms with E-state index in [-0.39, 0.29) is 49.4 Å². The van der Waals surface area contributed by atoms with E-state index in [0.717, 1.165) is 18.7 Å². The third-order valence-electron chi connectivity index (χ3n) is 8.95. The largest absolute Gasteiger partial charge is 0.433 e. The van der Waals surface area contributed by atoms with Crippen molar-refractivity contribution in [3.63, 3.8) is 0 Å². The first-order chi connectivity index (χ1) is 17.9. The van der Waals surface area contributed by atoms with E-state index in [9.17, 15) is 31.1 Å². The van der Waals surface area contributed by atoms with Crippen molar-refractivity contribution in [2.75, 3.05) is 38.3 Å². The van der Waals surface area contributed by atoms with E-state index in [0.29, 0.717) is 44.7 Å². The van der Waals surface area contributed by atoms with E-state index < -0.39 is 35.8 Å². The molecule has 0 spiro atoms. The zero-order chi connectivity index (χ0) is 27.3. The van der Waals surface area contributed by atoms with E-state index in [1.54, 1.807) is 12.0 Å². The smallest absolute Gasteiger partial charge is 0.379 e. The molecule has 3 saturated heterocycles. The quantitative estimate of drug-likeness (QED) is 0.464. The monoisotopic (exact) mass is 549 g/mol. The number of methoxy groups -OCH3 is 1. The molecule has 1 aliphatic carbocycles. The number of alkyl halides is 6. The molecule has 38 heavy (non-hydrogen) atoms. The molecule has 0 unspecified atom stereocenters. The number of fused-ring (bicyclic) bond motifs is 2. The van der Waals surface area contributed by atoms with Gasteiger partial charge in [0.15, 0.2) is 0 Å². The van der Waals surface area contributed by atoms with Gasteiger partial charge in [0.2, 0.25) is 5.91 Å². The van der Waals surface area contributed by atoms with Crippen LogP contribution in [0.4, 0.5) is 32.0 Å². The van der Waals surface area contributed by atoms with Crippen LogP contribution in [0.25, 0.3) is 0 Å². The van der Waals surface area contributed by atoms with Gasteiger partial charge in [0.1, 0.15) is 5.69 Å². The number of aromatic nitrogens is 1. The maximum Gasteiger partial charge on any atom is 0.433 e. The summed E-state index contributed by atoms with van der Waals surface area (Å²) in [6, 6.07) is 1.92. The van der Waals surface area contributed by atoms with Crippen LogP contribution < -0.4 is 4.90 Å². The first-order valence-corrected chi connectivity index (χ1v) is 13.2. The molecule has 4 heterocycles.